The van der Waals surface area contributed by atoms with E-state index in [1.54, 1.807) is 20.8 Å². The Kier molecular flexibility index (Phi) is 4.88. The van der Waals surface area contributed by atoms with Crippen LogP contribution in [0.1, 0.15) is 27.2 Å². The standard InChI is InChI=1S/C13H18FNO4S/c1-13(2,3)15(9-8-12(16)17)20(18,19)11-6-4-10(14)5-7-11/h4-7H,8-9H2,1-3H3,(H,16,17). The Hall–Kier alpha value is -1.47. The maximum absolute atomic E-state index is 12.9. The Morgan fingerprint density at radius 1 is 1.25 bits per heavy atom. The zero-order valence-corrected chi connectivity index (χ0v) is 12.4. The van der Waals surface area contributed by atoms with Gasteiger partial charge in [-0.3, -0.25) is 4.79 Å². The molecule has 1 rings (SSSR count). The van der Waals surface area contributed by atoms with Crippen molar-refractivity contribution in [3.63, 3.8) is 0 Å². The average molecular weight is 303 g/mol. The van der Waals surface area contributed by atoms with Crippen LogP contribution in [0.25, 0.3) is 0 Å². The fraction of sp³-hybridized carbons (Fsp3) is 0.462. The van der Waals surface area contributed by atoms with Crippen LogP contribution in [0, 0.1) is 5.82 Å². The lowest BCUT2D eigenvalue weighted by molar-refractivity contribution is -0.137. The summed E-state index contributed by atoms with van der Waals surface area (Å²) in [5.74, 6) is -1.61. The molecule has 0 atom stereocenters. The molecule has 0 fully saturated rings. The van der Waals surface area contributed by atoms with Crippen molar-refractivity contribution in [2.24, 2.45) is 0 Å². The zero-order valence-electron chi connectivity index (χ0n) is 11.6. The second-order valence-corrected chi connectivity index (χ2v) is 7.21. The molecule has 20 heavy (non-hydrogen) atoms. The molecule has 0 saturated heterocycles. The fourth-order valence-electron chi connectivity index (χ4n) is 1.75. The second-order valence-electron chi connectivity index (χ2n) is 5.35. The van der Waals surface area contributed by atoms with Crippen LogP contribution >= 0.6 is 0 Å². The average Bonchev–Trinajstić information content (AvgIpc) is 2.26. The lowest BCUT2D eigenvalue weighted by atomic mass is 10.1. The first-order valence-electron chi connectivity index (χ1n) is 6.05. The zero-order chi connectivity index (χ0) is 15.6. The minimum Gasteiger partial charge on any atom is -0.481 e. The minimum absolute atomic E-state index is 0.0563. The van der Waals surface area contributed by atoms with Gasteiger partial charge >= 0.3 is 5.97 Å². The Morgan fingerprint density at radius 2 is 1.75 bits per heavy atom. The summed E-state index contributed by atoms with van der Waals surface area (Å²) in [4.78, 5) is 10.6. The van der Waals surface area contributed by atoms with Gasteiger partial charge in [0.15, 0.2) is 0 Å². The van der Waals surface area contributed by atoms with Gasteiger partial charge in [0.25, 0.3) is 0 Å². The van der Waals surface area contributed by atoms with Gasteiger partial charge in [0.1, 0.15) is 5.82 Å². The Balaban J connectivity index is 3.17. The third-order valence-electron chi connectivity index (χ3n) is 2.68. The first-order valence-corrected chi connectivity index (χ1v) is 7.49. The molecule has 0 amide bonds. The van der Waals surface area contributed by atoms with Gasteiger partial charge in [0.05, 0.1) is 11.3 Å². The molecule has 1 N–H and O–H groups in total. The molecular formula is C13H18FNO4S. The van der Waals surface area contributed by atoms with Crippen molar-refractivity contribution in [3.8, 4) is 0 Å². The van der Waals surface area contributed by atoms with Gasteiger partial charge in [-0.1, -0.05) is 0 Å². The third kappa shape index (κ3) is 4.01. The molecule has 0 saturated carbocycles. The summed E-state index contributed by atoms with van der Waals surface area (Å²) in [6.07, 6.45) is -0.294. The number of aliphatic carboxylic acids is 1. The number of sulfonamides is 1. The van der Waals surface area contributed by atoms with Gasteiger partial charge in [-0.25, -0.2) is 12.8 Å². The van der Waals surface area contributed by atoms with Crippen LogP contribution in [0.4, 0.5) is 4.39 Å². The smallest absolute Gasteiger partial charge is 0.304 e. The van der Waals surface area contributed by atoms with Gasteiger partial charge in [0.2, 0.25) is 10.0 Å². The molecule has 0 bridgehead atoms. The molecule has 0 aliphatic rings. The van der Waals surface area contributed by atoms with E-state index in [0.717, 1.165) is 16.4 Å². The number of carboxylic acids is 1. The molecule has 7 heteroatoms. The van der Waals surface area contributed by atoms with Crippen LogP contribution in [0.15, 0.2) is 29.2 Å². The predicted octanol–water partition coefficient (Wildman–Crippen LogP) is 2.09. The molecule has 0 unspecified atom stereocenters. The highest BCUT2D eigenvalue weighted by Gasteiger charge is 2.34. The molecule has 5 nitrogen and oxygen atoms in total. The van der Waals surface area contributed by atoms with E-state index in [9.17, 15) is 17.6 Å². The van der Waals surface area contributed by atoms with Crippen LogP contribution in [-0.4, -0.2) is 35.9 Å². The van der Waals surface area contributed by atoms with Crippen molar-refractivity contribution >= 4 is 16.0 Å². The normalized spacial score (nSPS) is 12.7. The number of carboxylic acid groups (broad SMARTS) is 1. The first kappa shape index (κ1) is 16.6. The number of hydrogen-bond acceptors (Lipinski definition) is 3. The van der Waals surface area contributed by atoms with E-state index in [-0.39, 0.29) is 17.9 Å². The molecule has 1 aromatic rings. The van der Waals surface area contributed by atoms with Gasteiger partial charge < -0.3 is 5.11 Å². The molecule has 0 heterocycles. The highest BCUT2D eigenvalue weighted by Crippen LogP contribution is 2.24. The Bertz CT molecular complexity index is 575. The largest absolute Gasteiger partial charge is 0.481 e. The summed E-state index contributed by atoms with van der Waals surface area (Å²) in [5.41, 5.74) is -0.775. The first-order chi connectivity index (χ1) is 9.05. The van der Waals surface area contributed by atoms with Crippen molar-refractivity contribution in [3.05, 3.63) is 30.1 Å². The molecular weight excluding hydrogens is 285 g/mol. The van der Waals surface area contributed by atoms with E-state index in [1.165, 1.54) is 12.1 Å². The summed E-state index contributed by atoms with van der Waals surface area (Å²) < 4.78 is 39.0. The van der Waals surface area contributed by atoms with Gasteiger partial charge in [-0.15, -0.1) is 0 Å². The molecule has 0 aromatic heterocycles. The van der Waals surface area contributed by atoms with Crippen molar-refractivity contribution < 1.29 is 22.7 Å². The van der Waals surface area contributed by atoms with E-state index in [1.807, 2.05) is 0 Å². The van der Waals surface area contributed by atoms with E-state index in [0.29, 0.717) is 0 Å². The summed E-state index contributed by atoms with van der Waals surface area (Å²) in [7, 11) is -3.87. The van der Waals surface area contributed by atoms with E-state index >= 15 is 0 Å². The van der Waals surface area contributed by atoms with Crippen LogP contribution in [0.2, 0.25) is 0 Å². The summed E-state index contributed by atoms with van der Waals surface area (Å²) in [5, 5.41) is 8.73. The van der Waals surface area contributed by atoms with Crippen LogP contribution in [0.3, 0.4) is 0 Å². The summed E-state index contributed by atoms with van der Waals surface area (Å²) in [6, 6.07) is 4.46. The highest BCUT2D eigenvalue weighted by molar-refractivity contribution is 7.89. The van der Waals surface area contributed by atoms with Crippen molar-refractivity contribution in [2.75, 3.05) is 6.54 Å². The van der Waals surface area contributed by atoms with Gasteiger partial charge in [-0.2, -0.15) is 4.31 Å². The monoisotopic (exact) mass is 303 g/mol. The quantitative estimate of drug-likeness (QED) is 0.904. The lowest BCUT2D eigenvalue weighted by Crippen LogP contribution is -2.46. The maximum atomic E-state index is 12.9. The fourth-order valence-corrected chi connectivity index (χ4v) is 3.53. The SMILES string of the molecule is CC(C)(C)N(CCC(=O)O)S(=O)(=O)c1ccc(F)cc1. The van der Waals surface area contributed by atoms with Gasteiger partial charge in [0, 0.05) is 12.1 Å². The van der Waals surface area contributed by atoms with Crippen LogP contribution in [0.5, 0.6) is 0 Å². The summed E-state index contributed by atoms with van der Waals surface area (Å²) >= 11 is 0. The topological polar surface area (TPSA) is 74.7 Å². The lowest BCUT2D eigenvalue weighted by Gasteiger charge is -2.34. The van der Waals surface area contributed by atoms with Crippen LogP contribution < -0.4 is 0 Å². The van der Waals surface area contributed by atoms with Crippen molar-refractivity contribution in [1.29, 1.82) is 0 Å². The molecule has 112 valence electrons. The summed E-state index contributed by atoms with van der Waals surface area (Å²) in [6.45, 7) is 4.89. The minimum atomic E-state index is -3.87. The number of nitrogens with zero attached hydrogens (tertiary/aromatic N) is 1. The molecule has 0 aliphatic heterocycles. The highest BCUT2D eigenvalue weighted by atomic mass is 32.2. The van der Waals surface area contributed by atoms with Crippen molar-refractivity contribution in [1.82, 2.24) is 4.31 Å². The maximum Gasteiger partial charge on any atom is 0.304 e. The molecule has 0 radical (unpaired) electrons. The number of benzene rings is 1. The van der Waals surface area contributed by atoms with Gasteiger partial charge in [-0.05, 0) is 45.0 Å². The second kappa shape index (κ2) is 5.88. The van der Waals surface area contributed by atoms with E-state index in [2.05, 4.69) is 0 Å². The number of carbonyl (C=O) groups is 1. The Morgan fingerprint density at radius 3 is 2.15 bits per heavy atom. The van der Waals surface area contributed by atoms with Crippen LogP contribution in [-0.2, 0) is 14.8 Å². The number of hydrogen-bond donors (Lipinski definition) is 1. The third-order valence-corrected chi connectivity index (χ3v) is 4.86. The van der Waals surface area contributed by atoms with E-state index < -0.39 is 27.3 Å². The molecule has 1 aromatic carbocycles. The predicted molar refractivity (Wildman–Crippen MR) is 72.3 cm³/mol. The molecule has 0 spiro atoms. The van der Waals surface area contributed by atoms with E-state index in [4.69, 9.17) is 5.11 Å². The molecule has 0 aliphatic carbocycles. The van der Waals surface area contributed by atoms with Crippen molar-refractivity contribution in [2.45, 2.75) is 37.6 Å². The Labute approximate surface area is 118 Å². The number of rotatable bonds is 5. The number of halogens is 1.